The molecule has 2 aromatic rings. The van der Waals surface area contributed by atoms with Crippen LogP contribution in [0.4, 0.5) is 4.39 Å². The quantitative estimate of drug-likeness (QED) is 0.622. The van der Waals surface area contributed by atoms with Gasteiger partial charge in [0, 0.05) is 16.4 Å². The van der Waals surface area contributed by atoms with E-state index in [0.717, 1.165) is 41.2 Å². The highest BCUT2D eigenvalue weighted by molar-refractivity contribution is 7.99. The van der Waals surface area contributed by atoms with E-state index in [1.165, 1.54) is 12.1 Å². The molecule has 24 heavy (non-hydrogen) atoms. The summed E-state index contributed by atoms with van der Waals surface area (Å²) in [5.41, 5.74) is 1.05. The molecule has 4 heteroatoms. The highest BCUT2D eigenvalue weighted by Gasteiger charge is 2.21. The molecular weight excluding hydrogens is 323 g/mol. The first-order valence-electron chi connectivity index (χ1n) is 8.18. The summed E-state index contributed by atoms with van der Waals surface area (Å²) in [4.78, 5) is 2.06. The van der Waals surface area contributed by atoms with Gasteiger partial charge in [-0.1, -0.05) is 36.0 Å². The topological polar surface area (TPSA) is 18.5 Å². The summed E-state index contributed by atoms with van der Waals surface area (Å²) in [6.07, 6.45) is 4.54. The highest BCUT2D eigenvalue weighted by Crippen LogP contribution is 2.36. The Morgan fingerprint density at radius 3 is 2.67 bits per heavy atom. The van der Waals surface area contributed by atoms with Crippen molar-refractivity contribution in [1.29, 1.82) is 0 Å². The first-order valence-corrected chi connectivity index (χ1v) is 9.00. The Morgan fingerprint density at radius 1 is 1.17 bits per heavy atom. The summed E-state index contributed by atoms with van der Waals surface area (Å²) in [6, 6.07) is 14.6. The van der Waals surface area contributed by atoms with E-state index in [1.54, 1.807) is 23.9 Å². The number of benzene rings is 2. The van der Waals surface area contributed by atoms with E-state index < -0.39 is 0 Å². The molecule has 0 bridgehead atoms. The lowest BCUT2D eigenvalue weighted by atomic mass is 10.1. The number of ether oxygens (including phenoxy) is 2. The molecule has 0 spiro atoms. The summed E-state index contributed by atoms with van der Waals surface area (Å²) in [5, 5.41) is 0. The Hall–Kier alpha value is -1.62. The fraction of sp³-hybridized carbons (Fsp3) is 0.300. The molecule has 1 fully saturated rings. The van der Waals surface area contributed by atoms with Gasteiger partial charge >= 0.3 is 0 Å². The first-order chi connectivity index (χ1) is 11.8. The maximum atomic E-state index is 13.1. The number of hydrogen-bond donors (Lipinski definition) is 0. The van der Waals surface area contributed by atoms with Crippen LogP contribution in [0.15, 0.2) is 71.0 Å². The van der Waals surface area contributed by atoms with Gasteiger partial charge in [-0.3, -0.25) is 0 Å². The summed E-state index contributed by atoms with van der Waals surface area (Å²) in [7, 11) is 0. The van der Waals surface area contributed by atoms with E-state index >= 15 is 0 Å². The number of halogens is 1. The lowest BCUT2D eigenvalue weighted by Crippen LogP contribution is -2.24. The molecule has 126 valence electrons. The van der Waals surface area contributed by atoms with E-state index in [0.29, 0.717) is 0 Å². The zero-order chi connectivity index (χ0) is 16.8. The SMILES string of the molecule is C=CC(OC1CCCCO1)c1ccccc1Sc1ccc(F)cc1. The summed E-state index contributed by atoms with van der Waals surface area (Å²) < 4.78 is 24.9. The second-order valence-electron chi connectivity index (χ2n) is 5.68. The molecule has 0 N–H and O–H groups in total. The zero-order valence-electron chi connectivity index (χ0n) is 13.5. The van der Waals surface area contributed by atoms with E-state index in [2.05, 4.69) is 6.58 Å². The summed E-state index contributed by atoms with van der Waals surface area (Å²) in [5.74, 6) is -0.227. The largest absolute Gasteiger partial charge is 0.353 e. The minimum atomic E-state index is -0.227. The second-order valence-corrected chi connectivity index (χ2v) is 6.80. The van der Waals surface area contributed by atoms with Crippen molar-refractivity contribution < 1.29 is 13.9 Å². The Bertz CT molecular complexity index is 666. The van der Waals surface area contributed by atoms with Crippen molar-refractivity contribution in [2.75, 3.05) is 6.61 Å². The lowest BCUT2D eigenvalue weighted by Gasteiger charge is -2.27. The molecule has 2 aromatic carbocycles. The third kappa shape index (κ3) is 4.47. The molecular formula is C20H21FO2S. The van der Waals surface area contributed by atoms with Gasteiger partial charge in [0.1, 0.15) is 11.9 Å². The molecule has 1 aliphatic rings. The van der Waals surface area contributed by atoms with Crippen molar-refractivity contribution in [1.82, 2.24) is 0 Å². The maximum Gasteiger partial charge on any atom is 0.158 e. The van der Waals surface area contributed by atoms with Crippen LogP contribution < -0.4 is 0 Å². The fourth-order valence-corrected chi connectivity index (χ4v) is 3.65. The molecule has 1 heterocycles. The molecule has 1 aliphatic heterocycles. The van der Waals surface area contributed by atoms with Crippen LogP contribution in [0.3, 0.4) is 0 Å². The van der Waals surface area contributed by atoms with E-state index in [1.807, 2.05) is 30.3 Å². The molecule has 0 radical (unpaired) electrons. The standard InChI is InChI=1S/C20H21FO2S/c1-2-18(23-20-9-5-6-14-22-20)17-7-3-4-8-19(17)24-16-12-10-15(21)11-13-16/h2-4,7-8,10-13,18,20H,1,5-6,9,14H2. The van der Waals surface area contributed by atoms with Crippen LogP contribution in [0.5, 0.6) is 0 Å². The van der Waals surface area contributed by atoms with Crippen LogP contribution in [0, 0.1) is 5.82 Å². The molecule has 0 aromatic heterocycles. The van der Waals surface area contributed by atoms with Crippen LogP contribution in [-0.2, 0) is 9.47 Å². The van der Waals surface area contributed by atoms with Gasteiger partial charge in [0.2, 0.25) is 0 Å². The van der Waals surface area contributed by atoms with E-state index in [9.17, 15) is 4.39 Å². The van der Waals surface area contributed by atoms with Gasteiger partial charge in [0.05, 0.1) is 0 Å². The second kappa shape index (κ2) is 8.47. The average molecular weight is 344 g/mol. The zero-order valence-corrected chi connectivity index (χ0v) is 14.3. The lowest BCUT2D eigenvalue weighted by molar-refractivity contribution is -0.180. The molecule has 0 amide bonds. The Balaban J connectivity index is 1.78. The minimum Gasteiger partial charge on any atom is -0.353 e. The number of rotatable bonds is 6. The van der Waals surface area contributed by atoms with Gasteiger partial charge in [0.15, 0.2) is 6.29 Å². The fourth-order valence-electron chi connectivity index (χ4n) is 2.68. The van der Waals surface area contributed by atoms with Gasteiger partial charge in [0.25, 0.3) is 0 Å². The molecule has 2 nitrogen and oxygen atoms in total. The van der Waals surface area contributed by atoms with Crippen LogP contribution in [0.2, 0.25) is 0 Å². The van der Waals surface area contributed by atoms with Crippen molar-refractivity contribution in [2.24, 2.45) is 0 Å². The first kappa shape index (κ1) is 17.2. The van der Waals surface area contributed by atoms with Crippen molar-refractivity contribution in [3.05, 3.63) is 72.6 Å². The van der Waals surface area contributed by atoms with Gasteiger partial charge in [-0.25, -0.2) is 4.39 Å². The monoisotopic (exact) mass is 344 g/mol. The predicted molar refractivity (Wildman–Crippen MR) is 94.6 cm³/mol. The van der Waals surface area contributed by atoms with Crippen LogP contribution in [-0.4, -0.2) is 12.9 Å². The van der Waals surface area contributed by atoms with Crippen molar-refractivity contribution in [3.63, 3.8) is 0 Å². The van der Waals surface area contributed by atoms with Gasteiger partial charge < -0.3 is 9.47 Å². The smallest absolute Gasteiger partial charge is 0.158 e. The predicted octanol–water partition coefficient (Wildman–Crippen LogP) is 5.75. The molecule has 1 saturated heterocycles. The Labute approximate surface area is 146 Å². The molecule has 0 saturated carbocycles. The molecule has 2 atom stereocenters. The van der Waals surface area contributed by atoms with E-state index in [-0.39, 0.29) is 18.2 Å². The molecule has 2 unspecified atom stereocenters. The molecule has 3 rings (SSSR count). The van der Waals surface area contributed by atoms with Crippen LogP contribution >= 0.6 is 11.8 Å². The Kier molecular flexibility index (Phi) is 6.07. The van der Waals surface area contributed by atoms with Gasteiger partial charge in [-0.05, 0) is 55.2 Å². The molecule has 0 aliphatic carbocycles. The third-order valence-corrected chi connectivity index (χ3v) is 5.02. The van der Waals surface area contributed by atoms with Crippen molar-refractivity contribution in [2.45, 2.75) is 41.4 Å². The van der Waals surface area contributed by atoms with Gasteiger partial charge in [-0.2, -0.15) is 0 Å². The number of hydrogen-bond acceptors (Lipinski definition) is 3. The summed E-state index contributed by atoms with van der Waals surface area (Å²) in [6.45, 7) is 4.67. The normalized spacial score (nSPS) is 19.0. The average Bonchev–Trinajstić information content (AvgIpc) is 2.63. The van der Waals surface area contributed by atoms with Crippen molar-refractivity contribution in [3.8, 4) is 0 Å². The van der Waals surface area contributed by atoms with Gasteiger partial charge in [-0.15, -0.1) is 6.58 Å². The van der Waals surface area contributed by atoms with Crippen molar-refractivity contribution >= 4 is 11.8 Å². The Morgan fingerprint density at radius 2 is 1.96 bits per heavy atom. The minimum absolute atomic E-state index is 0.175. The van der Waals surface area contributed by atoms with E-state index in [4.69, 9.17) is 9.47 Å². The van der Waals surface area contributed by atoms with Crippen LogP contribution in [0.1, 0.15) is 30.9 Å². The summed E-state index contributed by atoms with van der Waals surface area (Å²) >= 11 is 1.59. The third-order valence-electron chi connectivity index (χ3n) is 3.92. The maximum absolute atomic E-state index is 13.1. The van der Waals surface area contributed by atoms with Crippen LogP contribution in [0.25, 0.3) is 0 Å². The highest BCUT2D eigenvalue weighted by atomic mass is 32.2.